The zero-order chi connectivity index (χ0) is 45.2. The van der Waals surface area contributed by atoms with Crippen molar-refractivity contribution in [1.82, 2.24) is 5.32 Å². The first-order valence-electron chi connectivity index (χ1n) is 27.6. The van der Waals surface area contributed by atoms with Gasteiger partial charge in [0.25, 0.3) is 0 Å². The molecular weight excluding hydrogens is 767 g/mol. The molecule has 0 heterocycles. The third-order valence-corrected chi connectivity index (χ3v) is 12.8. The van der Waals surface area contributed by atoms with Crippen LogP contribution < -0.4 is 5.32 Å². The van der Waals surface area contributed by atoms with Gasteiger partial charge in [-0.1, -0.05) is 231 Å². The van der Waals surface area contributed by atoms with Gasteiger partial charge in [-0.05, 0) is 77.0 Å². The standard InChI is InChI=1S/C56H107NO5/c1-4-7-10-13-16-19-22-25-27-28-31-34-37-40-43-46-49-56(61)62-52(47-44-41-38-35-32-30-26-23-20-17-14-11-8-5-2)50-55(60)57-53(51-58)54(59)48-45-42-39-36-33-29-24-21-18-15-12-9-6-3/h27-28,30,32,52-54,58-59H,4-26,29,31,33-51H2,1-3H3,(H,57,60)/b28-27+,32-30+. The topological polar surface area (TPSA) is 95.9 Å². The van der Waals surface area contributed by atoms with Crippen LogP contribution in [-0.4, -0.2) is 46.9 Å². The fourth-order valence-electron chi connectivity index (χ4n) is 8.54. The second-order valence-electron chi connectivity index (χ2n) is 19.0. The van der Waals surface area contributed by atoms with Crippen molar-refractivity contribution in [2.75, 3.05) is 6.61 Å². The highest BCUT2D eigenvalue weighted by molar-refractivity contribution is 5.77. The second-order valence-corrected chi connectivity index (χ2v) is 19.0. The lowest BCUT2D eigenvalue weighted by atomic mass is 10.0. The van der Waals surface area contributed by atoms with Crippen LogP contribution in [0.1, 0.15) is 297 Å². The summed E-state index contributed by atoms with van der Waals surface area (Å²) in [7, 11) is 0. The van der Waals surface area contributed by atoms with Gasteiger partial charge in [-0.25, -0.2) is 0 Å². The third kappa shape index (κ3) is 44.9. The SMILES string of the molecule is CCCCCCCCC/C=C/CCCCCCCC(=O)OC(CCCCC/C=C/CCCCCCCCC)CC(=O)NC(CO)C(O)CCCCCCCCCCCCCCC. The lowest BCUT2D eigenvalue weighted by Gasteiger charge is -2.24. The first kappa shape index (κ1) is 60.3. The molecule has 0 aromatic rings. The van der Waals surface area contributed by atoms with Crippen molar-refractivity contribution in [3.8, 4) is 0 Å². The molecule has 6 nitrogen and oxygen atoms in total. The molecule has 0 aliphatic carbocycles. The molecule has 0 aliphatic heterocycles. The van der Waals surface area contributed by atoms with Gasteiger partial charge in [-0.2, -0.15) is 0 Å². The Labute approximate surface area is 386 Å². The second kappa shape index (κ2) is 50.3. The minimum Gasteiger partial charge on any atom is -0.462 e. The van der Waals surface area contributed by atoms with Crippen LogP contribution in [0.25, 0.3) is 0 Å². The highest BCUT2D eigenvalue weighted by Crippen LogP contribution is 2.18. The van der Waals surface area contributed by atoms with Gasteiger partial charge in [0.2, 0.25) is 5.91 Å². The third-order valence-electron chi connectivity index (χ3n) is 12.8. The number of carbonyl (C=O) groups excluding carboxylic acids is 2. The van der Waals surface area contributed by atoms with Crippen molar-refractivity contribution < 1.29 is 24.5 Å². The molecule has 0 saturated heterocycles. The van der Waals surface area contributed by atoms with Gasteiger partial charge in [-0.3, -0.25) is 9.59 Å². The summed E-state index contributed by atoms with van der Waals surface area (Å²) in [6.45, 7) is 6.50. The number of carbonyl (C=O) groups is 2. The van der Waals surface area contributed by atoms with Crippen LogP contribution in [0.2, 0.25) is 0 Å². The van der Waals surface area contributed by atoms with Crippen LogP contribution in [0.5, 0.6) is 0 Å². The molecule has 62 heavy (non-hydrogen) atoms. The van der Waals surface area contributed by atoms with Crippen LogP contribution >= 0.6 is 0 Å². The van der Waals surface area contributed by atoms with E-state index in [0.717, 1.165) is 64.2 Å². The van der Waals surface area contributed by atoms with E-state index in [1.165, 1.54) is 186 Å². The normalized spacial score (nSPS) is 13.3. The number of hydrogen-bond donors (Lipinski definition) is 3. The van der Waals surface area contributed by atoms with E-state index in [2.05, 4.69) is 50.4 Å². The lowest BCUT2D eigenvalue weighted by Crippen LogP contribution is -2.46. The average molecular weight is 874 g/mol. The molecule has 3 N–H and O–H groups in total. The highest BCUT2D eigenvalue weighted by atomic mass is 16.5. The fraction of sp³-hybridized carbons (Fsp3) is 0.893. The molecule has 3 unspecified atom stereocenters. The Morgan fingerprint density at radius 3 is 1.16 bits per heavy atom. The molecule has 0 fully saturated rings. The van der Waals surface area contributed by atoms with E-state index in [0.29, 0.717) is 19.3 Å². The van der Waals surface area contributed by atoms with Crippen molar-refractivity contribution in [3.63, 3.8) is 0 Å². The number of nitrogens with one attached hydrogen (secondary N) is 1. The maximum atomic E-state index is 13.2. The van der Waals surface area contributed by atoms with E-state index >= 15 is 0 Å². The largest absolute Gasteiger partial charge is 0.462 e. The minimum absolute atomic E-state index is 0.0680. The summed E-state index contributed by atoms with van der Waals surface area (Å²) in [6, 6.07) is -0.704. The molecule has 366 valence electrons. The minimum atomic E-state index is -0.789. The summed E-state index contributed by atoms with van der Waals surface area (Å²) in [5.41, 5.74) is 0. The molecule has 0 spiro atoms. The molecular formula is C56H107NO5. The van der Waals surface area contributed by atoms with Gasteiger partial charge in [0.05, 0.1) is 25.2 Å². The number of aliphatic hydroxyl groups is 2. The van der Waals surface area contributed by atoms with Gasteiger partial charge in [0.15, 0.2) is 0 Å². The Balaban J connectivity index is 4.57. The van der Waals surface area contributed by atoms with Crippen molar-refractivity contribution in [2.45, 2.75) is 315 Å². The Morgan fingerprint density at radius 2 is 0.774 bits per heavy atom. The molecule has 0 bridgehead atoms. The summed E-state index contributed by atoms with van der Waals surface area (Å²) in [5.74, 6) is -0.485. The lowest BCUT2D eigenvalue weighted by molar-refractivity contribution is -0.151. The van der Waals surface area contributed by atoms with Crippen molar-refractivity contribution >= 4 is 11.9 Å². The fourth-order valence-corrected chi connectivity index (χ4v) is 8.54. The summed E-state index contributed by atoms with van der Waals surface area (Å²) in [6.07, 6.45) is 58.1. The summed E-state index contributed by atoms with van der Waals surface area (Å²) in [5, 5.41) is 23.8. The zero-order valence-electron chi connectivity index (χ0n) is 41.8. The van der Waals surface area contributed by atoms with Crippen LogP contribution in [0.15, 0.2) is 24.3 Å². The predicted octanol–water partition coefficient (Wildman–Crippen LogP) is 16.7. The molecule has 0 aromatic carbocycles. The smallest absolute Gasteiger partial charge is 0.306 e. The number of allylic oxidation sites excluding steroid dienone is 4. The maximum Gasteiger partial charge on any atom is 0.306 e. The van der Waals surface area contributed by atoms with E-state index in [9.17, 15) is 19.8 Å². The highest BCUT2D eigenvalue weighted by Gasteiger charge is 2.24. The molecule has 0 radical (unpaired) electrons. The molecule has 6 heteroatoms. The molecule has 0 aliphatic rings. The Bertz CT molecular complexity index is 981. The monoisotopic (exact) mass is 874 g/mol. The number of hydrogen-bond acceptors (Lipinski definition) is 5. The van der Waals surface area contributed by atoms with Gasteiger partial charge < -0.3 is 20.3 Å². The average Bonchev–Trinajstić information content (AvgIpc) is 3.26. The Hall–Kier alpha value is -1.66. The number of ether oxygens (including phenoxy) is 1. The molecule has 1 amide bonds. The van der Waals surface area contributed by atoms with E-state index in [4.69, 9.17) is 4.74 Å². The maximum absolute atomic E-state index is 13.2. The van der Waals surface area contributed by atoms with E-state index in [1.54, 1.807) is 0 Å². The first-order chi connectivity index (χ1) is 30.5. The van der Waals surface area contributed by atoms with Gasteiger partial charge >= 0.3 is 5.97 Å². The van der Waals surface area contributed by atoms with Crippen molar-refractivity contribution in [1.29, 1.82) is 0 Å². The molecule has 0 saturated carbocycles. The van der Waals surface area contributed by atoms with Crippen LogP contribution in [0, 0.1) is 0 Å². The number of unbranched alkanes of at least 4 members (excludes halogenated alkanes) is 34. The number of aliphatic hydroxyl groups excluding tert-OH is 2. The van der Waals surface area contributed by atoms with Crippen molar-refractivity contribution in [3.05, 3.63) is 24.3 Å². The summed E-state index contributed by atoms with van der Waals surface area (Å²) in [4.78, 5) is 26.2. The van der Waals surface area contributed by atoms with Gasteiger partial charge in [-0.15, -0.1) is 0 Å². The summed E-state index contributed by atoms with van der Waals surface area (Å²) < 4.78 is 5.94. The van der Waals surface area contributed by atoms with Crippen molar-refractivity contribution in [2.24, 2.45) is 0 Å². The van der Waals surface area contributed by atoms with E-state index in [1.807, 2.05) is 0 Å². The number of esters is 1. The van der Waals surface area contributed by atoms with Crippen LogP contribution in [-0.2, 0) is 14.3 Å². The van der Waals surface area contributed by atoms with E-state index < -0.39 is 18.2 Å². The molecule has 3 atom stereocenters. The first-order valence-corrected chi connectivity index (χ1v) is 27.6. The predicted molar refractivity (Wildman–Crippen MR) is 269 cm³/mol. The summed E-state index contributed by atoms with van der Waals surface area (Å²) >= 11 is 0. The quantitative estimate of drug-likeness (QED) is 0.0321. The van der Waals surface area contributed by atoms with Crippen LogP contribution in [0.4, 0.5) is 0 Å². The number of rotatable bonds is 50. The van der Waals surface area contributed by atoms with Gasteiger partial charge in [0.1, 0.15) is 6.10 Å². The van der Waals surface area contributed by atoms with Crippen LogP contribution in [0.3, 0.4) is 0 Å². The molecule has 0 aromatic heterocycles. The zero-order valence-corrected chi connectivity index (χ0v) is 41.8. The van der Waals surface area contributed by atoms with E-state index in [-0.39, 0.29) is 24.9 Å². The Morgan fingerprint density at radius 1 is 0.452 bits per heavy atom. The Kier molecular flexibility index (Phi) is 49.0. The van der Waals surface area contributed by atoms with Gasteiger partial charge in [0, 0.05) is 6.42 Å². The number of amides is 1. The molecule has 0 rings (SSSR count).